The van der Waals surface area contributed by atoms with Crippen LogP contribution in [0.1, 0.15) is 31.4 Å². The van der Waals surface area contributed by atoms with Crippen LogP contribution in [0.4, 0.5) is 0 Å². The summed E-state index contributed by atoms with van der Waals surface area (Å²) in [5.74, 6) is 0. The number of alkyl halides is 1. The molecule has 17 heavy (non-hydrogen) atoms. The number of aromatic nitrogens is 1. The first-order chi connectivity index (χ1) is 8.33. The van der Waals surface area contributed by atoms with Crippen molar-refractivity contribution in [2.24, 2.45) is 0 Å². The first kappa shape index (κ1) is 12.7. The zero-order valence-corrected chi connectivity index (χ0v) is 12.0. The van der Waals surface area contributed by atoms with Gasteiger partial charge in [-0.3, -0.25) is 0 Å². The Morgan fingerprint density at radius 3 is 2.65 bits per heavy atom. The molecule has 0 amide bonds. The van der Waals surface area contributed by atoms with Crippen LogP contribution in [0.2, 0.25) is 0 Å². The fourth-order valence-electron chi connectivity index (χ4n) is 2.36. The van der Waals surface area contributed by atoms with Crippen molar-refractivity contribution in [2.75, 3.05) is 5.33 Å². The van der Waals surface area contributed by atoms with E-state index in [1.165, 1.54) is 42.3 Å². The lowest BCUT2D eigenvalue weighted by atomic mass is 10.2. The summed E-state index contributed by atoms with van der Waals surface area (Å²) < 4.78 is 2.45. The minimum absolute atomic E-state index is 1.14. The summed E-state index contributed by atoms with van der Waals surface area (Å²) in [6.45, 7) is 3.36. The lowest BCUT2D eigenvalue weighted by Crippen LogP contribution is -1.99. The Morgan fingerprint density at radius 1 is 1.06 bits per heavy atom. The first-order valence-corrected chi connectivity index (χ1v) is 7.56. The van der Waals surface area contributed by atoms with Crippen molar-refractivity contribution in [2.45, 2.75) is 39.2 Å². The highest BCUT2D eigenvalue weighted by molar-refractivity contribution is 9.09. The zero-order chi connectivity index (χ0) is 12.1. The van der Waals surface area contributed by atoms with Crippen LogP contribution in [-0.2, 0) is 6.54 Å². The highest BCUT2D eigenvalue weighted by atomic mass is 79.9. The smallest absolute Gasteiger partial charge is 0.0482 e. The summed E-state index contributed by atoms with van der Waals surface area (Å²) in [6, 6.07) is 10.9. The molecule has 1 heterocycles. The van der Waals surface area contributed by atoms with E-state index in [0.29, 0.717) is 0 Å². The predicted molar refractivity (Wildman–Crippen MR) is 78.9 cm³/mol. The van der Waals surface area contributed by atoms with Gasteiger partial charge in [-0.2, -0.15) is 0 Å². The maximum Gasteiger partial charge on any atom is 0.0482 e. The van der Waals surface area contributed by atoms with Crippen molar-refractivity contribution in [3.05, 3.63) is 36.0 Å². The summed E-state index contributed by atoms with van der Waals surface area (Å²) in [7, 11) is 0. The molecule has 2 rings (SSSR count). The molecule has 92 valence electrons. The molecular weight excluding hydrogens is 274 g/mol. The van der Waals surface area contributed by atoms with E-state index in [-0.39, 0.29) is 0 Å². The van der Waals surface area contributed by atoms with E-state index in [1.54, 1.807) is 0 Å². The molecule has 2 heteroatoms. The van der Waals surface area contributed by atoms with Gasteiger partial charge in [0.2, 0.25) is 0 Å². The Balaban J connectivity index is 2.00. The van der Waals surface area contributed by atoms with Gasteiger partial charge < -0.3 is 4.57 Å². The molecule has 0 aliphatic heterocycles. The number of hydrogen-bond acceptors (Lipinski definition) is 0. The molecule has 0 unspecified atom stereocenters. The first-order valence-electron chi connectivity index (χ1n) is 6.44. The Labute approximate surface area is 112 Å². The number of nitrogens with zero attached hydrogens (tertiary/aromatic N) is 1. The van der Waals surface area contributed by atoms with Crippen LogP contribution < -0.4 is 0 Å². The van der Waals surface area contributed by atoms with Gasteiger partial charge in [-0.1, -0.05) is 47.0 Å². The third kappa shape index (κ3) is 3.12. The molecule has 0 saturated heterocycles. The van der Waals surface area contributed by atoms with Crippen molar-refractivity contribution in [1.29, 1.82) is 0 Å². The molecule has 1 aromatic carbocycles. The summed E-state index contributed by atoms with van der Waals surface area (Å²) in [5, 5.41) is 2.50. The van der Waals surface area contributed by atoms with E-state index in [9.17, 15) is 0 Å². The van der Waals surface area contributed by atoms with Gasteiger partial charge in [0.1, 0.15) is 0 Å². The highest BCUT2D eigenvalue weighted by Crippen LogP contribution is 2.20. The van der Waals surface area contributed by atoms with E-state index in [4.69, 9.17) is 0 Å². The third-order valence-electron chi connectivity index (χ3n) is 3.28. The number of unbranched alkanes of at least 4 members (excludes halogenated alkanes) is 3. The maximum absolute atomic E-state index is 3.48. The van der Waals surface area contributed by atoms with Crippen molar-refractivity contribution in [3.8, 4) is 0 Å². The molecule has 1 aromatic heterocycles. The van der Waals surface area contributed by atoms with E-state index < -0.39 is 0 Å². The molecule has 0 aliphatic carbocycles. The van der Waals surface area contributed by atoms with E-state index in [0.717, 1.165) is 11.9 Å². The number of rotatable bonds is 6. The second-order valence-corrected chi connectivity index (χ2v) is 5.39. The fourth-order valence-corrected chi connectivity index (χ4v) is 2.76. The number of hydrogen-bond donors (Lipinski definition) is 0. The van der Waals surface area contributed by atoms with Gasteiger partial charge in [-0.15, -0.1) is 0 Å². The average molecular weight is 294 g/mol. The van der Waals surface area contributed by atoms with Crippen LogP contribution in [0.15, 0.2) is 30.3 Å². The molecule has 0 spiro atoms. The average Bonchev–Trinajstić information content (AvgIpc) is 2.65. The minimum Gasteiger partial charge on any atom is -0.345 e. The molecule has 0 radical (unpaired) electrons. The molecular formula is C15H20BrN. The maximum atomic E-state index is 3.48. The normalized spacial score (nSPS) is 11.2. The second kappa shape index (κ2) is 6.25. The molecule has 0 aliphatic rings. The molecule has 0 N–H and O–H groups in total. The van der Waals surface area contributed by atoms with Gasteiger partial charge in [-0.05, 0) is 37.3 Å². The minimum atomic E-state index is 1.14. The number of halogens is 1. The van der Waals surface area contributed by atoms with Crippen molar-refractivity contribution in [1.82, 2.24) is 4.57 Å². The van der Waals surface area contributed by atoms with E-state index in [1.807, 2.05) is 0 Å². The summed E-state index contributed by atoms with van der Waals surface area (Å²) in [6.07, 6.45) is 5.25. The quantitative estimate of drug-likeness (QED) is 0.527. The van der Waals surface area contributed by atoms with E-state index in [2.05, 4.69) is 57.8 Å². The number of benzene rings is 1. The largest absolute Gasteiger partial charge is 0.345 e. The Hall–Kier alpha value is -0.760. The number of fused-ring (bicyclic) bond motifs is 1. The van der Waals surface area contributed by atoms with E-state index >= 15 is 0 Å². The SMILES string of the molecule is Cc1cc2ccccc2n1CCCCCCBr. The highest BCUT2D eigenvalue weighted by Gasteiger charge is 2.03. The van der Waals surface area contributed by atoms with Crippen LogP contribution in [0.5, 0.6) is 0 Å². The van der Waals surface area contributed by atoms with Crippen molar-refractivity contribution >= 4 is 26.8 Å². The van der Waals surface area contributed by atoms with Crippen LogP contribution in [0.3, 0.4) is 0 Å². The predicted octanol–water partition coefficient (Wildman–Crippen LogP) is 4.91. The van der Waals surface area contributed by atoms with Gasteiger partial charge in [0.25, 0.3) is 0 Å². The third-order valence-corrected chi connectivity index (χ3v) is 3.84. The van der Waals surface area contributed by atoms with Gasteiger partial charge in [0.15, 0.2) is 0 Å². The molecule has 0 saturated carbocycles. The Bertz CT molecular complexity index is 473. The van der Waals surface area contributed by atoms with Crippen molar-refractivity contribution in [3.63, 3.8) is 0 Å². The summed E-state index contributed by atoms with van der Waals surface area (Å²) >= 11 is 3.48. The molecule has 0 bridgehead atoms. The summed E-state index contributed by atoms with van der Waals surface area (Å²) in [5.41, 5.74) is 2.76. The molecule has 1 nitrogen and oxygen atoms in total. The fraction of sp³-hybridized carbons (Fsp3) is 0.467. The zero-order valence-electron chi connectivity index (χ0n) is 10.5. The molecule has 0 atom stereocenters. The van der Waals surface area contributed by atoms with Crippen LogP contribution >= 0.6 is 15.9 Å². The van der Waals surface area contributed by atoms with Crippen LogP contribution in [0.25, 0.3) is 10.9 Å². The van der Waals surface area contributed by atoms with Gasteiger partial charge in [-0.25, -0.2) is 0 Å². The van der Waals surface area contributed by atoms with Crippen LogP contribution in [-0.4, -0.2) is 9.90 Å². The van der Waals surface area contributed by atoms with Gasteiger partial charge in [0, 0.05) is 23.1 Å². The number of para-hydroxylation sites is 1. The molecule has 2 aromatic rings. The monoisotopic (exact) mass is 293 g/mol. The molecule has 0 fully saturated rings. The lowest BCUT2D eigenvalue weighted by Gasteiger charge is -2.07. The lowest BCUT2D eigenvalue weighted by molar-refractivity contribution is 0.588. The van der Waals surface area contributed by atoms with Crippen LogP contribution in [0, 0.1) is 6.92 Å². The summed E-state index contributed by atoms with van der Waals surface area (Å²) in [4.78, 5) is 0. The van der Waals surface area contributed by atoms with Gasteiger partial charge in [0.05, 0.1) is 0 Å². The second-order valence-electron chi connectivity index (χ2n) is 4.60. The topological polar surface area (TPSA) is 4.93 Å². The standard InChI is InChI=1S/C15H20BrN/c1-13-12-14-8-4-5-9-15(14)17(13)11-7-3-2-6-10-16/h4-5,8-9,12H,2-3,6-7,10-11H2,1H3. The Morgan fingerprint density at radius 2 is 1.82 bits per heavy atom. The number of aryl methyl sites for hydroxylation is 2. The van der Waals surface area contributed by atoms with Crippen molar-refractivity contribution < 1.29 is 0 Å². The Kier molecular flexibility index (Phi) is 4.66. The van der Waals surface area contributed by atoms with Gasteiger partial charge >= 0.3 is 0 Å².